The smallest absolute Gasteiger partial charge is 0.119 e. The maximum absolute atomic E-state index is 12.1. The molecule has 0 saturated heterocycles. The van der Waals surface area contributed by atoms with Crippen molar-refractivity contribution in [3.8, 4) is 5.75 Å². The molecule has 0 aliphatic carbocycles. The van der Waals surface area contributed by atoms with Gasteiger partial charge in [0, 0.05) is 10.6 Å². The molecule has 0 fully saturated rings. The Hall–Kier alpha value is -0.830. The highest BCUT2D eigenvalue weighted by atomic mass is 32.2. The molecule has 0 amide bonds. The lowest BCUT2D eigenvalue weighted by atomic mass is 10.2. The van der Waals surface area contributed by atoms with Gasteiger partial charge in [-0.1, -0.05) is 52.4 Å². The van der Waals surface area contributed by atoms with Crippen molar-refractivity contribution >= 4 is 10.8 Å². The van der Waals surface area contributed by atoms with Crippen LogP contribution in [0.4, 0.5) is 0 Å². The monoisotopic (exact) mass is 310 g/mol. The van der Waals surface area contributed by atoms with E-state index in [4.69, 9.17) is 4.74 Å². The Balaban J connectivity index is 2.27. The second-order valence-corrected chi connectivity index (χ2v) is 7.06. The van der Waals surface area contributed by atoms with Crippen LogP contribution < -0.4 is 4.74 Å². The summed E-state index contributed by atoms with van der Waals surface area (Å²) >= 11 is 0. The van der Waals surface area contributed by atoms with Crippen LogP contribution in [-0.2, 0) is 10.8 Å². The fourth-order valence-electron chi connectivity index (χ4n) is 2.18. The highest BCUT2D eigenvalue weighted by molar-refractivity contribution is 7.85. The molecular formula is C18H30O2S. The van der Waals surface area contributed by atoms with E-state index in [0.29, 0.717) is 0 Å². The summed E-state index contributed by atoms with van der Waals surface area (Å²) in [5, 5.41) is 0. The molecule has 0 aromatic heterocycles. The lowest BCUT2D eigenvalue weighted by molar-refractivity contribution is 0.305. The SMILES string of the molecule is CCCCCCOc1ccc(S(=O)CCCCCC)cc1. The average molecular weight is 311 g/mol. The lowest BCUT2D eigenvalue weighted by Gasteiger charge is -2.07. The number of benzene rings is 1. The summed E-state index contributed by atoms with van der Waals surface area (Å²) in [5.41, 5.74) is 0. The minimum Gasteiger partial charge on any atom is -0.494 e. The van der Waals surface area contributed by atoms with Gasteiger partial charge in [0.05, 0.1) is 17.4 Å². The first-order valence-electron chi connectivity index (χ1n) is 8.39. The van der Waals surface area contributed by atoms with E-state index in [2.05, 4.69) is 13.8 Å². The van der Waals surface area contributed by atoms with Gasteiger partial charge in [-0.2, -0.15) is 0 Å². The molecular weight excluding hydrogens is 280 g/mol. The summed E-state index contributed by atoms with van der Waals surface area (Å²) in [6.45, 7) is 5.18. The summed E-state index contributed by atoms with van der Waals surface area (Å²) in [4.78, 5) is 0.921. The van der Waals surface area contributed by atoms with Crippen molar-refractivity contribution in [2.24, 2.45) is 0 Å². The van der Waals surface area contributed by atoms with Gasteiger partial charge in [-0.3, -0.25) is 4.21 Å². The molecule has 21 heavy (non-hydrogen) atoms. The molecule has 1 atom stereocenters. The maximum Gasteiger partial charge on any atom is 0.119 e. The van der Waals surface area contributed by atoms with Crippen molar-refractivity contribution in [2.75, 3.05) is 12.4 Å². The zero-order valence-corrected chi connectivity index (χ0v) is 14.4. The number of unbranched alkanes of at least 4 members (excludes halogenated alkanes) is 6. The first kappa shape index (κ1) is 18.2. The average Bonchev–Trinajstić information content (AvgIpc) is 2.52. The van der Waals surface area contributed by atoms with Gasteiger partial charge in [0.1, 0.15) is 5.75 Å². The Labute approximate surface area is 132 Å². The lowest BCUT2D eigenvalue weighted by Crippen LogP contribution is -2.00. The largest absolute Gasteiger partial charge is 0.494 e. The topological polar surface area (TPSA) is 26.3 Å². The van der Waals surface area contributed by atoms with E-state index in [0.717, 1.165) is 35.8 Å². The third kappa shape index (κ3) is 8.25. The Morgan fingerprint density at radius 2 is 1.48 bits per heavy atom. The first-order chi connectivity index (χ1) is 10.3. The number of rotatable bonds is 12. The molecule has 1 unspecified atom stereocenters. The standard InChI is InChI=1S/C18H30O2S/c1-3-5-7-9-15-20-17-11-13-18(14-12-17)21(19)16-10-8-6-4-2/h11-14H,3-10,15-16H2,1-2H3. The highest BCUT2D eigenvalue weighted by Crippen LogP contribution is 2.16. The third-order valence-corrected chi connectivity index (χ3v) is 4.99. The van der Waals surface area contributed by atoms with Crippen LogP contribution in [0.3, 0.4) is 0 Å². The second kappa shape index (κ2) is 11.8. The first-order valence-corrected chi connectivity index (χ1v) is 9.71. The Morgan fingerprint density at radius 3 is 2.10 bits per heavy atom. The molecule has 120 valence electrons. The molecule has 0 spiro atoms. The molecule has 0 bridgehead atoms. The second-order valence-electron chi connectivity index (χ2n) is 5.49. The molecule has 0 N–H and O–H groups in total. The molecule has 2 nitrogen and oxygen atoms in total. The summed E-state index contributed by atoms with van der Waals surface area (Å²) < 4.78 is 17.8. The maximum atomic E-state index is 12.1. The van der Waals surface area contributed by atoms with E-state index >= 15 is 0 Å². The molecule has 0 radical (unpaired) electrons. The third-order valence-electron chi connectivity index (χ3n) is 3.54. The van der Waals surface area contributed by atoms with Crippen molar-refractivity contribution in [2.45, 2.75) is 70.1 Å². The van der Waals surface area contributed by atoms with Gasteiger partial charge < -0.3 is 4.74 Å². The van der Waals surface area contributed by atoms with Crippen molar-refractivity contribution in [1.29, 1.82) is 0 Å². The molecule has 0 saturated carbocycles. The number of ether oxygens (including phenoxy) is 1. The van der Waals surface area contributed by atoms with Gasteiger partial charge >= 0.3 is 0 Å². The number of hydrogen-bond donors (Lipinski definition) is 0. The van der Waals surface area contributed by atoms with Crippen molar-refractivity contribution in [1.82, 2.24) is 0 Å². The van der Waals surface area contributed by atoms with Gasteiger partial charge in [-0.15, -0.1) is 0 Å². The zero-order chi connectivity index (χ0) is 15.3. The minimum absolute atomic E-state index is 0.775. The van der Waals surface area contributed by atoms with Gasteiger partial charge in [-0.05, 0) is 37.1 Å². The Bertz CT molecular complexity index is 387. The quantitative estimate of drug-likeness (QED) is 0.487. The van der Waals surface area contributed by atoms with Crippen molar-refractivity contribution < 1.29 is 8.95 Å². The Kier molecular flexibility index (Phi) is 10.2. The van der Waals surface area contributed by atoms with Crippen LogP contribution in [0.15, 0.2) is 29.2 Å². The molecule has 0 heterocycles. The van der Waals surface area contributed by atoms with Crippen LogP contribution in [0.2, 0.25) is 0 Å². The van der Waals surface area contributed by atoms with Gasteiger partial charge in [0.25, 0.3) is 0 Å². The molecule has 1 aromatic carbocycles. The number of hydrogen-bond acceptors (Lipinski definition) is 2. The predicted molar refractivity (Wildman–Crippen MR) is 91.5 cm³/mol. The normalized spacial score (nSPS) is 12.3. The van der Waals surface area contributed by atoms with E-state index in [-0.39, 0.29) is 0 Å². The van der Waals surface area contributed by atoms with E-state index < -0.39 is 10.8 Å². The van der Waals surface area contributed by atoms with E-state index in [1.807, 2.05) is 24.3 Å². The van der Waals surface area contributed by atoms with Crippen LogP contribution in [-0.4, -0.2) is 16.6 Å². The fraction of sp³-hybridized carbons (Fsp3) is 0.667. The molecule has 0 aliphatic heterocycles. The molecule has 3 heteroatoms. The van der Waals surface area contributed by atoms with Gasteiger partial charge in [0.2, 0.25) is 0 Å². The zero-order valence-electron chi connectivity index (χ0n) is 13.6. The molecule has 1 aromatic rings. The van der Waals surface area contributed by atoms with Crippen LogP contribution in [0.1, 0.15) is 65.2 Å². The van der Waals surface area contributed by atoms with Gasteiger partial charge in [0.15, 0.2) is 0 Å². The highest BCUT2D eigenvalue weighted by Gasteiger charge is 2.04. The summed E-state index contributed by atoms with van der Waals surface area (Å²) in [6, 6.07) is 7.77. The molecule has 1 rings (SSSR count). The summed E-state index contributed by atoms with van der Waals surface area (Å²) in [6.07, 6.45) is 9.56. The van der Waals surface area contributed by atoms with Crippen LogP contribution in [0.25, 0.3) is 0 Å². The van der Waals surface area contributed by atoms with E-state index in [9.17, 15) is 4.21 Å². The van der Waals surface area contributed by atoms with Crippen LogP contribution >= 0.6 is 0 Å². The predicted octanol–water partition coefficient (Wildman–Crippen LogP) is 5.33. The van der Waals surface area contributed by atoms with Crippen LogP contribution in [0.5, 0.6) is 5.75 Å². The van der Waals surface area contributed by atoms with Crippen LogP contribution in [0, 0.1) is 0 Å². The Morgan fingerprint density at radius 1 is 0.857 bits per heavy atom. The van der Waals surface area contributed by atoms with E-state index in [1.54, 1.807) is 0 Å². The minimum atomic E-state index is -0.861. The molecule has 0 aliphatic rings. The fourth-order valence-corrected chi connectivity index (χ4v) is 3.33. The summed E-state index contributed by atoms with van der Waals surface area (Å²) in [7, 11) is -0.861. The summed E-state index contributed by atoms with van der Waals surface area (Å²) in [5.74, 6) is 1.66. The van der Waals surface area contributed by atoms with E-state index in [1.165, 1.54) is 38.5 Å². The van der Waals surface area contributed by atoms with Gasteiger partial charge in [-0.25, -0.2) is 0 Å². The van der Waals surface area contributed by atoms with Crippen molar-refractivity contribution in [3.05, 3.63) is 24.3 Å². The van der Waals surface area contributed by atoms with Crippen molar-refractivity contribution in [3.63, 3.8) is 0 Å².